The molecule has 2 heteroatoms. The minimum absolute atomic E-state index is 0.0187. The zero-order valence-electron chi connectivity index (χ0n) is 10.4. The second kappa shape index (κ2) is 6.41. The lowest BCUT2D eigenvalue weighted by Gasteiger charge is -2.25. The van der Waals surface area contributed by atoms with Gasteiger partial charge in [-0.1, -0.05) is 46.3 Å². The van der Waals surface area contributed by atoms with Crippen molar-refractivity contribution >= 4 is 15.9 Å². The van der Waals surface area contributed by atoms with Gasteiger partial charge in [0.15, 0.2) is 0 Å². The lowest BCUT2D eigenvalue weighted by Crippen LogP contribution is -2.23. The highest BCUT2D eigenvalue weighted by molar-refractivity contribution is 9.09. The molecule has 0 saturated heterocycles. The first-order valence-electron chi connectivity index (χ1n) is 5.75. The van der Waals surface area contributed by atoms with E-state index in [0.29, 0.717) is 5.92 Å². The number of hydrogen-bond acceptors (Lipinski definition) is 1. The van der Waals surface area contributed by atoms with Crippen LogP contribution in [0.15, 0.2) is 30.3 Å². The Balaban J connectivity index is 2.57. The Hall–Kier alpha value is -0.340. The lowest BCUT2D eigenvalue weighted by molar-refractivity contribution is 0.0128. The van der Waals surface area contributed by atoms with Crippen molar-refractivity contribution < 1.29 is 4.74 Å². The Kier molecular flexibility index (Phi) is 5.50. The van der Waals surface area contributed by atoms with Crippen molar-refractivity contribution in [3.8, 4) is 0 Å². The molecule has 16 heavy (non-hydrogen) atoms. The SMILES string of the molecule is COC(C)(C)CCC(CBr)c1ccccc1. The third kappa shape index (κ3) is 4.26. The van der Waals surface area contributed by atoms with Gasteiger partial charge in [0.1, 0.15) is 0 Å². The van der Waals surface area contributed by atoms with Gasteiger partial charge in [-0.2, -0.15) is 0 Å². The molecule has 90 valence electrons. The average Bonchev–Trinajstić information content (AvgIpc) is 2.31. The van der Waals surface area contributed by atoms with Crippen LogP contribution in [0, 0.1) is 0 Å². The quantitative estimate of drug-likeness (QED) is 0.705. The van der Waals surface area contributed by atoms with Crippen LogP contribution in [0.3, 0.4) is 0 Å². The van der Waals surface area contributed by atoms with E-state index in [9.17, 15) is 0 Å². The van der Waals surface area contributed by atoms with Crippen LogP contribution >= 0.6 is 15.9 Å². The number of halogens is 1. The van der Waals surface area contributed by atoms with Crippen molar-refractivity contribution in [3.63, 3.8) is 0 Å². The smallest absolute Gasteiger partial charge is 0.0623 e. The monoisotopic (exact) mass is 284 g/mol. The van der Waals surface area contributed by atoms with Crippen molar-refractivity contribution in [2.75, 3.05) is 12.4 Å². The van der Waals surface area contributed by atoms with Crippen LogP contribution in [0.25, 0.3) is 0 Å². The molecule has 1 nitrogen and oxygen atoms in total. The van der Waals surface area contributed by atoms with E-state index >= 15 is 0 Å². The summed E-state index contributed by atoms with van der Waals surface area (Å²) in [7, 11) is 1.78. The van der Waals surface area contributed by atoms with Gasteiger partial charge in [-0.3, -0.25) is 0 Å². The molecule has 0 aliphatic heterocycles. The number of ether oxygens (including phenoxy) is 1. The Labute approximate surface area is 107 Å². The molecule has 0 amide bonds. The maximum Gasteiger partial charge on any atom is 0.0623 e. The first-order chi connectivity index (χ1) is 7.59. The van der Waals surface area contributed by atoms with Crippen molar-refractivity contribution in [2.45, 2.75) is 38.2 Å². The van der Waals surface area contributed by atoms with Crippen LogP contribution in [0.1, 0.15) is 38.2 Å². The van der Waals surface area contributed by atoms with Crippen LogP contribution in [-0.2, 0) is 4.74 Å². The predicted octanol–water partition coefficient (Wildman–Crippen LogP) is 4.37. The average molecular weight is 285 g/mol. The van der Waals surface area contributed by atoms with Crippen molar-refractivity contribution in [1.82, 2.24) is 0 Å². The Morgan fingerprint density at radius 1 is 1.25 bits per heavy atom. The van der Waals surface area contributed by atoms with Crippen LogP contribution in [-0.4, -0.2) is 18.0 Å². The van der Waals surface area contributed by atoms with Crippen LogP contribution in [0.2, 0.25) is 0 Å². The molecule has 1 aromatic carbocycles. The molecular weight excluding hydrogens is 264 g/mol. The fourth-order valence-corrected chi connectivity index (χ4v) is 2.38. The van der Waals surface area contributed by atoms with Gasteiger partial charge in [0.05, 0.1) is 5.60 Å². The fourth-order valence-electron chi connectivity index (χ4n) is 1.68. The maximum atomic E-state index is 5.45. The minimum Gasteiger partial charge on any atom is -0.379 e. The molecule has 0 heterocycles. The highest BCUT2D eigenvalue weighted by atomic mass is 79.9. The van der Waals surface area contributed by atoms with E-state index in [0.717, 1.165) is 18.2 Å². The van der Waals surface area contributed by atoms with E-state index in [1.165, 1.54) is 5.56 Å². The van der Waals surface area contributed by atoms with E-state index < -0.39 is 0 Å². The summed E-state index contributed by atoms with van der Waals surface area (Å²) in [5, 5.41) is 1.01. The van der Waals surface area contributed by atoms with E-state index in [2.05, 4.69) is 60.1 Å². The van der Waals surface area contributed by atoms with Crippen LogP contribution < -0.4 is 0 Å². The Morgan fingerprint density at radius 3 is 2.38 bits per heavy atom. The molecule has 0 fully saturated rings. The molecule has 0 aromatic heterocycles. The lowest BCUT2D eigenvalue weighted by atomic mass is 9.91. The van der Waals surface area contributed by atoms with E-state index in [1.54, 1.807) is 7.11 Å². The molecule has 0 aliphatic carbocycles. The third-order valence-corrected chi connectivity index (χ3v) is 3.89. The Bertz CT molecular complexity index is 295. The predicted molar refractivity (Wildman–Crippen MR) is 73.3 cm³/mol. The molecule has 0 spiro atoms. The van der Waals surface area contributed by atoms with Crippen LogP contribution in [0.5, 0.6) is 0 Å². The number of methoxy groups -OCH3 is 1. The van der Waals surface area contributed by atoms with Gasteiger partial charge in [-0.15, -0.1) is 0 Å². The van der Waals surface area contributed by atoms with Crippen molar-refractivity contribution in [1.29, 1.82) is 0 Å². The molecule has 0 saturated carbocycles. The van der Waals surface area contributed by atoms with Crippen molar-refractivity contribution in [3.05, 3.63) is 35.9 Å². The van der Waals surface area contributed by atoms with E-state index in [4.69, 9.17) is 4.74 Å². The van der Waals surface area contributed by atoms with Gasteiger partial charge >= 0.3 is 0 Å². The van der Waals surface area contributed by atoms with E-state index in [1.807, 2.05) is 0 Å². The number of alkyl halides is 1. The summed E-state index contributed by atoms with van der Waals surface area (Å²) >= 11 is 3.60. The first-order valence-corrected chi connectivity index (χ1v) is 6.87. The molecule has 1 aromatic rings. The second-order valence-electron chi connectivity index (χ2n) is 4.76. The van der Waals surface area contributed by atoms with Crippen molar-refractivity contribution in [2.24, 2.45) is 0 Å². The molecule has 1 unspecified atom stereocenters. The highest BCUT2D eigenvalue weighted by Crippen LogP contribution is 2.27. The highest BCUT2D eigenvalue weighted by Gasteiger charge is 2.19. The second-order valence-corrected chi connectivity index (χ2v) is 5.41. The summed E-state index contributed by atoms with van der Waals surface area (Å²) in [6, 6.07) is 10.7. The standard InChI is InChI=1S/C14H21BrO/c1-14(2,16-3)10-9-13(11-15)12-7-5-4-6-8-12/h4-8,13H,9-11H2,1-3H3. The number of benzene rings is 1. The van der Waals surface area contributed by atoms with Crippen LogP contribution in [0.4, 0.5) is 0 Å². The molecule has 0 N–H and O–H groups in total. The van der Waals surface area contributed by atoms with Gasteiger partial charge in [0, 0.05) is 12.4 Å². The van der Waals surface area contributed by atoms with Gasteiger partial charge in [0.25, 0.3) is 0 Å². The molecule has 1 rings (SSSR count). The van der Waals surface area contributed by atoms with Gasteiger partial charge in [-0.05, 0) is 38.2 Å². The minimum atomic E-state index is -0.0187. The first kappa shape index (κ1) is 13.7. The molecular formula is C14H21BrO. The number of hydrogen-bond donors (Lipinski definition) is 0. The largest absolute Gasteiger partial charge is 0.379 e. The fraction of sp³-hybridized carbons (Fsp3) is 0.571. The van der Waals surface area contributed by atoms with E-state index in [-0.39, 0.29) is 5.60 Å². The number of rotatable bonds is 6. The molecule has 0 bridgehead atoms. The third-order valence-electron chi connectivity index (χ3n) is 3.10. The van der Waals surface area contributed by atoms with Gasteiger partial charge < -0.3 is 4.74 Å². The molecule has 0 aliphatic rings. The molecule has 1 atom stereocenters. The summed E-state index contributed by atoms with van der Waals surface area (Å²) in [6.07, 6.45) is 2.23. The summed E-state index contributed by atoms with van der Waals surface area (Å²) in [4.78, 5) is 0. The summed E-state index contributed by atoms with van der Waals surface area (Å²) in [6.45, 7) is 4.28. The zero-order valence-corrected chi connectivity index (χ0v) is 12.0. The topological polar surface area (TPSA) is 9.23 Å². The summed E-state index contributed by atoms with van der Waals surface area (Å²) in [5.74, 6) is 0.579. The summed E-state index contributed by atoms with van der Waals surface area (Å²) in [5.41, 5.74) is 1.39. The van der Waals surface area contributed by atoms with Gasteiger partial charge in [-0.25, -0.2) is 0 Å². The maximum absolute atomic E-state index is 5.45. The normalized spacial score (nSPS) is 13.8. The summed E-state index contributed by atoms with van der Waals surface area (Å²) < 4.78 is 5.45. The molecule has 0 radical (unpaired) electrons. The zero-order chi connectivity index (χ0) is 12.0. The van der Waals surface area contributed by atoms with Gasteiger partial charge in [0.2, 0.25) is 0 Å². The Morgan fingerprint density at radius 2 is 1.88 bits per heavy atom.